The standard InChI is InChI=1S/C26H30N2O2/c1-3-17-16-28-12-11-18(17)13-23(28)25-26(19-7-5-4-6-8-19)15-24(30-25)27-22-10-9-20(29-2)14-21(22)26/h3-10,14,17-18,23-25,27H,1,11-13,15-16H2,2H3/t17?,18?,23-,24-,25-,26-/m0/s1. The van der Waals surface area contributed by atoms with Crippen molar-refractivity contribution in [2.45, 2.75) is 43.1 Å². The van der Waals surface area contributed by atoms with Crippen LogP contribution < -0.4 is 10.1 Å². The molecule has 0 spiro atoms. The summed E-state index contributed by atoms with van der Waals surface area (Å²) < 4.78 is 12.5. The second-order valence-corrected chi connectivity index (χ2v) is 9.39. The first-order valence-electron chi connectivity index (χ1n) is 11.3. The van der Waals surface area contributed by atoms with E-state index >= 15 is 0 Å². The normalized spacial score (nSPS) is 38.6. The molecule has 30 heavy (non-hydrogen) atoms. The molecule has 1 N–H and O–H groups in total. The van der Waals surface area contributed by atoms with E-state index in [1.807, 2.05) is 6.07 Å². The summed E-state index contributed by atoms with van der Waals surface area (Å²) in [4.78, 5) is 2.68. The Hall–Kier alpha value is -2.30. The van der Waals surface area contributed by atoms with E-state index in [0.29, 0.717) is 12.0 Å². The Morgan fingerprint density at radius 2 is 2.10 bits per heavy atom. The molecule has 156 valence electrons. The van der Waals surface area contributed by atoms with Crippen LogP contribution in [0.2, 0.25) is 0 Å². The lowest BCUT2D eigenvalue weighted by Gasteiger charge is -2.53. The van der Waals surface area contributed by atoms with Gasteiger partial charge in [0.2, 0.25) is 0 Å². The molecule has 5 aliphatic heterocycles. The maximum absolute atomic E-state index is 6.84. The van der Waals surface area contributed by atoms with Gasteiger partial charge in [0.15, 0.2) is 0 Å². The monoisotopic (exact) mass is 402 g/mol. The lowest BCUT2D eigenvalue weighted by Crippen LogP contribution is -2.60. The zero-order valence-corrected chi connectivity index (χ0v) is 17.6. The molecule has 4 nitrogen and oxygen atoms in total. The van der Waals surface area contributed by atoms with Crippen molar-refractivity contribution in [1.82, 2.24) is 4.90 Å². The molecule has 4 fully saturated rings. The zero-order chi connectivity index (χ0) is 20.3. The third-order valence-electron chi connectivity index (χ3n) is 8.12. The largest absolute Gasteiger partial charge is 0.497 e. The molecule has 0 aromatic heterocycles. The number of benzene rings is 2. The van der Waals surface area contributed by atoms with Crippen molar-refractivity contribution in [2.75, 3.05) is 25.5 Å². The summed E-state index contributed by atoms with van der Waals surface area (Å²) in [6, 6.07) is 17.9. The van der Waals surface area contributed by atoms with Gasteiger partial charge in [-0.1, -0.05) is 36.4 Å². The van der Waals surface area contributed by atoms with Crippen LogP contribution in [0.4, 0.5) is 5.69 Å². The summed E-state index contributed by atoms with van der Waals surface area (Å²) in [5.74, 6) is 2.26. The maximum Gasteiger partial charge on any atom is 0.129 e. The predicted molar refractivity (Wildman–Crippen MR) is 119 cm³/mol. The molecular formula is C26H30N2O2. The van der Waals surface area contributed by atoms with Crippen molar-refractivity contribution < 1.29 is 9.47 Å². The van der Waals surface area contributed by atoms with Gasteiger partial charge < -0.3 is 14.8 Å². The Morgan fingerprint density at radius 3 is 2.83 bits per heavy atom. The molecule has 2 aromatic carbocycles. The van der Waals surface area contributed by atoms with Crippen LogP contribution in [0.25, 0.3) is 0 Å². The molecule has 0 aliphatic carbocycles. The van der Waals surface area contributed by atoms with Crippen LogP contribution in [0.15, 0.2) is 61.2 Å². The summed E-state index contributed by atoms with van der Waals surface area (Å²) in [6.07, 6.45) is 5.79. The van der Waals surface area contributed by atoms with Gasteiger partial charge in [0, 0.05) is 24.7 Å². The molecule has 0 amide bonds. The number of ether oxygens (including phenoxy) is 2. The van der Waals surface area contributed by atoms with Crippen molar-refractivity contribution >= 4 is 5.69 Å². The highest BCUT2D eigenvalue weighted by Gasteiger charge is 2.59. The molecule has 5 aliphatic rings. The summed E-state index contributed by atoms with van der Waals surface area (Å²) in [7, 11) is 1.75. The minimum absolute atomic E-state index is 0.0490. The Labute approximate surface area is 178 Å². The van der Waals surface area contributed by atoms with E-state index in [9.17, 15) is 0 Å². The summed E-state index contributed by atoms with van der Waals surface area (Å²) >= 11 is 0. The molecule has 4 bridgehead atoms. The van der Waals surface area contributed by atoms with E-state index in [4.69, 9.17) is 9.47 Å². The van der Waals surface area contributed by atoms with Crippen LogP contribution >= 0.6 is 0 Å². The lowest BCUT2D eigenvalue weighted by molar-refractivity contribution is -0.0744. The van der Waals surface area contributed by atoms with Gasteiger partial charge in [-0.2, -0.15) is 0 Å². The van der Waals surface area contributed by atoms with E-state index in [1.165, 1.54) is 36.2 Å². The lowest BCUT2D eigenvalue weighted by atomic mass is 9.62. The van der Waals surface area contributed by atoms with Gasteiger partial charge in [-0.25, -0.2) is 0 Å². The third-order valence-corrected chi connectivity index (χ3v) is 8.12. The number of methoxy groups -OCH3 is 1. The number of hydrogen-bond donors (Lipinski definition) is 1. The number of piperidine rings is 3. The number of hydrogen-bond acceptors (Lipinski definition) is 4. The Morgan fingerprint density at radius 1 is 1.23 bits per heavy atom. The molecule has 0 saturated carbocycles. The number of nitrogens with one attached hydrogen (secondary N) is 1. The fourth-order valence-corrected chi connectivity index (χ4v) is 6.70. The minimum Gasteiger partial charge on any atom is -0.497 e. The van der Waals surface area contributed by atoms with Crippen molar-refractivity contribution in [1.29, 1.82) is 0 Å². The van der Waals surface area contributed by atoms with Gasteiger partial charge in [0.1, 0.15) is 12.0 Å². The molecule has 4 heteroatoms. The summed E-state index contributed by atoms with van der Waals surface area (Å²) in [5, 5.41) is 3.65. The van der Waals surface area contributed by atoms with Crippen molar-refractivity contribution in [3.8, 4) is 5.75 Å². The number of nitrogens with zero attached hydrogens (tertiary/aromatic N) is 1. The zero-order valence-electron chi connectivity index (χ0n) is 17.6. The van der Waals surface area contributed by atoms with E-state index in [0.717, 1.165) is 24.6 Å². The van der Waals surface area contributed by atoms with Crippen LogP contribution in [-0.2, 0) is 10.2 Å². The van der Waals surface area contributed by atoms with E-state index < -0.39 is 0 Å². The van der Waals surface area contributed by atoms with Crippen LogP contribution in [-0.4, -0.2) is 43.5 Å². The van der Waals surface area contributed by atoms with Crippen LogP contribution in [0.1, 0.15) is 30.4 Å². The summed E-state index contributed by atoms with van der Waals surface area (Å²) in [6.45, 7) is 6.40. The predicted octanol–water partition coefficient (Wildman–Crippen LogP) is 4.42. The van der Waals surface area contributed by atoms with Gasteiger partial charge in [0.05, 0.1) is 18.6 Å². The second-order valence-electron chi connectivity index (χ2n) is 9.39. The van der Waals surface area contributed by atoms with Gasteiger partial charge in [0.25, 0.3) is 0 Å². The SMILES string of the molecule is C=CC1CN2CCC1C[C@H]2[C@@H]1O[C@H]2C[C@]1(c1ccccc1)c1cc(OC)ccc1N2. The Balaban J connectivity index is 1.50. The van der Waals surface area contributed by atoms with Gasteiger partial charge >= 0.3 is 0 Å². The first kappa shape index (κ1) is 18.5. The molecule has 4 saturated heterocycles. The highest BCUT2D eigenvalue weighted by atomic mass is 16.5. The second kappa shape index (κ2) is 6.86. The van der Waals surface area contributed by atoms with E-state index in [2.05, 4.69) is 65.3 Å². The quantitative estimate of drug-likeness (QED) is 0.768. The first-order chi connectivity index (χ1) is 14.7. The molecular weight excluding hydrogens is 372 g/mol. The highest BCUT2D eigenvalue weighted by Crippen LogP contribution is 2.56. The Bertz CT molecular complexity index is 961. The molecule has 3 unspecified atom stereocenters. The number of anilines is 1. The fraction of sp³-hybridized carbons (Fsp3) is 0.462. The molecule has 2 aromatic rings. The molecule has 7 atom stereocenters. The average molecular weight is 403 g/mol. The Kier molecular flexibility index (Phi) is 4.22. The topological polar surface area (TPSA) is 33.7 Å². The van der Waals surface area contributed by atoms with E-state index in [-0.39, 0.29) is 17.7 Å². The van der Waals surface area contributed by atoms with Crippen LogP contribution in [0, 0.1) is 11.8 Å². The van der Waals surface area contributed by atoms with E-state index in [1.54, 1.807) is 7.11 Å². The van der Waals surface area contributed by atoms with Gasteiger partial charge in [-0.15, -0.1) is 6.58 Å². The van der Waals surface area contributed by atoms with Crippen molar-refractivity contribution in [3.05, 3.63) is 72.3 Å². The van der Waals surface area contributed by atoms with Crippen molar-refractivity contribution in [2.24, 2.45) is 11.8 Å². The van der Waals surface area contributed by atoms with Crippen LogP contribution in [0.3, 0.4) is 0 Å². The van der Waals surface area contributed by atoms with Gasteiger partial charge in [-0.05, 0) is 60.5 Å². The van der Waals surface area contributed by atoms with Crippen LogP contribution in [0.5, 0.6) is 5.75 Å². The molecule has 7 rings (SSSR count). The average Bonchev–Trinajstić information content (AvgIpc) is 3.14. The third kappa shape index (κ3) is 2.53. The number of fused-ring (bicyclic) bond motifs is 7. The van der Waals surface area contributed by atoms with Gasteiger partial charge in [-0.3, -0.25) is 4.90 Å². The maximum atomic E-state index is 6.84. The number of rotatable bonds is 4. The first-order valence-corrected chi connectivity index (χ1v) is 11.3. The van der Waals surface area contributed by atoms with Crippen molar-refractivity contribution in [3.63, 3.8) is 0 Å². The highest BCUT2D eigenvalue weighted by molar-refractivity contribution is 5.65. The fourth-order valence-electron chi connectivity index (χ4n) is 6.70. The molecule has 5 heterocycles. The molecule has 0 radical (unpaired) electrons. The minimum atomic E-state index is -0.160. The smallest absolute Gasteiger partial charge is 0.129 e. The summed E-state index contributed by atoms with van der Waals surface area (Å²) in [5.41, 5.74) is 3.69.